The summed E-state index contributed by atoms with van der Waals surface area (Å²) in [6, 6.07) is 14.3. The molecule has 138 valence electrons. The van der Waals surface area contributed by atoms with Gasteiger partial charge in [-0.3, -0.25) is 9.69 Å². The Morgan fingerprint density at radius 1 is 0.962 bits per heavy atom. The number of hydrogen-bond donors (Lipinski definition) is 2. The highest BCUT2D eigenvalue weighted by Crippen LogP contribution is 2.14. The average molecular weight is 375 g/mol. The van der Waals surface area contributed by atoms with Crippen molar-refractivity contribution in [2.45, 2.75) is 12.7 Å². The molecule has 1 aliphatic rings. The van der Waals surface area contributed by atoms with Crippen molar-refractivity contribution < 1.29 is 15.0 Å². The number of aliphatic hydroxyl groups excluding tert-OH is 1. The Morgan fingerprint density at radius 3 is 2.15 bits per heavy atom. The summed E-state index contributed by atoms with van der Waals surface area (Å²) in [5.41, 5.74) is 2.34. The number of aliphatic hydroxyl groups is 2. The van der Waals surface area contributed by atoms with Crippen LogP contribution in [-0.2, 0) is 6.42 Å². The number of carbonyl (C=O) groups excluding carboxylic acids is 1. The van der Waals surface area contributed by atoms with Crippen molar-refractivity contribution in [3.05, 3.63) is 70.2 Å². The van der Waals surface area contributed by atoms with E-state index in [1.165, 1.54) is 0 Å². The normalized spacial score (nSPS) is 15.5. The van der Waals surface area contributed by atoms with Crippen molar-refractivity contribution in [2.24, 2.45) is 0 Å². The minimum absolute atomic E-state index is 0.0551. The number of nitrogens with zero attached hydrogens (tertiary/aromatic N) is 2. The largest absolute Gasteiger partial charge is 0.364 e. The Kier molecular flexibility index (Phi) is 6.27. The zero-order valence-electron chi connectivity index (χ0n) is 14.5. The summed E-state index contributed by atoms with van der Waals surface area (Å²) in [5.74, 6) is 0.0551. The van der Waals surface area contributed by atoms with Gasteiger partial charge in [-0.05, 0) is 36.2 Å². The molecule has 0 saturated carbocycles. The van der Waals surface area contributed by atoms with Gasteiger partial charge >= 0.3 is 0 Å². The van der Waals surface area contributed by atoms with Crippen molar-refractivity contribution >= 4 is 17.5 Å². The van der Waals surface area contributed by atoms with E-state index in [4.69, 9.17) is 21.8 Å². The summed E-state index contributed by atoms with van der Waals surface area (Å²) in [6.45, 7) is 4.07. The fraction of sp³-hybridized carbons (Fsp3) is 0.350. The predicted octanol–water partition coefficient (Wildman–Crippen LogP) is 2.32. The van der Waals surface area contributed by atoms with E-state index in [2.05, 4.69) is 4.90 Å². The second kappa shape index (κ2) is 8.64. The van der Waals surface area contributed by atoms with Gasteiger partial charge in [0.25, 0.3) is 5.91 Å². The molecule has 0 atom stereocenters. The van der Waals surface area contributed by atoms with Gasteiger partial charge in [0, 0.05) is 48.9 Å². The first kappa shape index (κ1) is 18.9. The number of rotatable bonds is 5. The molecule has 1 saturated heterocycles. The van der Waals surface area contributed by atoms with E-state index >= 15 is 0 Å². The Morgan fingerprint density at radius 2 is 1.58 bits per heavy atom. The molecule has 1 heterocycles. The van der Waals surface area contributed by atoms with E-state index in [-0.39, 0.29) is 5.91 Å². The third-order valence-electron chi connectivity index (χ3n) is 4.75. The van der Waals surface area contributed by atoms with Gasteiger partial charge in [0.2, 0.25) is 0 Å². The molecule has 3 rings (SSSR count). The topological polar surface area (TPSA) is 64.0 Å². The van der Waals surface area contributed by atoms with Crippen molar-refractivity contribution in [1.29, 1.82) is 0 Å². The first-order valence-electron chi connectivity index (χ1n) is 8.75. The lowest BCUT2D eigenvalue weighted by Gasteiger charge is -2.34. The third kappa shape index (κ3) is 4.83. The molecular weight excluding hydrogens is 352 g/mol. The van der Waals surface area contributed by atoms with Crippen LogP contribution in [0.15, 0.2) is 48.5 Å². The van der Waals surface area contributed by atoms with E-state index in [0.717, 1.165) is 44.7 Å². The van der Waals surface area contributed by atoms with Crippen LogP contribution in [0.4, 0.5) is 0 Å². The number of halogens is 1. The molecule has 2 aromatic rings. The molecule has 2 aromatic carbocycles. The van der Waals surface area contributed by atoms with Gasteiger partial charge in [0.15, 0.2) is 6.29 Å². The molecule has 0 spiro atoms. The summed E-state index contributed by atoms with van der Waals surface area (Å²) in [4.78, 5) is 16.7. The molecule has 1 amide bonds. The molecule has 6 heteroatoms. The second-order valence-corrected chi connectivity index (χ2v) is 6.94. The zero-order chi connectivity index (χ0) is 18.5. The summed E-state index contributed by atoms with van der Waals surface area (Å²) in [6.07, 6.45) is -0.525. The quantitative estimate of drug-likeness (QED) is 0.788. The molecule has 0 aliphatic carbocycles. The van der Waals surface area contributed by atoms with Crippen LogP contribution in [0.5, 0.6) is 0 Å². The lowest BCUT2D eigenvalue weighted by Crippen LogP contribution is -2.49. The highest BCUT2D eigenvalue weighted by molar-refractivity contribution is 6.30. The van der Waals surface area contributed by atoms with E-state index in [1.54, 1.807) is 36.4 Å². The molecule has 0 bridgehead atoms. The van der Waals surface area contributed by atoms with Gasteiger partial charge < -0.3 is 15.1 Å². The zero-order valence-corrected chi connectivity index (χ0v) is 15.3. The summed E-state index contributed by atoms with van der Waals surface area (Å²) < 4.78 is 0. The first-order valence-corrected chi connectivity index (χ1v) is 9.13. The van der Waals surface area contributed by atoms with Crippen LogP contribution in [0.1, 0.15) is 27.8 Å². The van der Waals surface area contributed by atoms with Gasteiger partial charge in [-0.2, -0.15) is 0 Å². The maximum atomic E-state index is 12.5. The molecule has 0 aromatic heterocycles. The highest BCUT2D eigenvalue weighted by Gasteiger charge is 2.21. The van der Waals surface area contributed by atoms with Crippen molar-refractivity contribution in [1.82, 2.24) is 9.80 Å². The maximum absolute atomic E-state index is 12.5. The second-order valence-electron chi connectivity index (χ2n) is 6.51. The van der Waals surface area contributed by atoms with Gasteiger partial charge in [-0.1, -0.05) is 35.9 Å². The number of carbonyl (C=O) groups is 1. The van der Waals surface area contributed by atoms with Crippen molar-refractivity contribution in [3.8, 4) is 0 Å². The number of amides is 1. The smallest absolute Gasteiger partial charge is 0.253 e. The SMILES string of the molecule is O=C(c1ccc(Cl)cc1)N1CCN(CCc2ccc(C(O)O)cc2)CC1. The van der Waals surface area contributed by atoms with Crippen LogP contribution in [0.3, 0.4) is 0 Å². The fourth-order valence-electron chi connectivity index (χ4n) is 3.09. The molecule has 0 unspecified atom stereocenters. The Labute approximate surface area is 158 Å². The van der Waals surface area contributed by atoms with Crippen LogP contribution < -0.4 is 0 Å². The predicted molar refractivity (Wildman–Crippen MR) is 101 cm³/mol. The summed E-state index contributed by atoms with van der Waals surface area (Å²) >= 11 is 5.87. The first-order chi connectivity index (χ1) is 12.5. The van der Waals surface area contributed by atoms with Crippen LogP contribution in [0, 0.1) is 0 Å². The van der Waals surface area contributed by atoms with Gasteiger partial charge in [0.1, 0.15) is 0 Å². The fourth-order valence-corrected chi connectivity index (χ4v) is 3.22. The van der Waals surface area contributed by atoms with Crippen LogP contribution in [0.25, 0.3) is 0 Å². The Bertz CT molecular complexity index is 724. The van der Waals surface area contributed by atoms with Crippen LogP contribution in [-0.4, -0.2) is 58.6 Å². The molecule has 5 nitrogen and oxygen atoms in total. The van der Waals surface area contributed by atoms with Gasteiger partial charge in [-0.25, -0.2) is 0 Å². The standard InChI is InChI=1S/C20H23ClN2O3/c21-18-7-5-16(6-8-18)19(24)23-13-11-22(12-14-23)10-9-15-1-3-17(4-2-15)20(25)26/h1-8,20,25-26H,9-14H2. The minimum Gasteiger partial charge on any atom is -0.364 e. The van der Waals surface area contributed by atoms with E-state index in [9.17, 15) is 4.79 Å². The number of hydrogen-bond acceptors (Lipinski definition) is 4. The third-order valence-corrected chi connectivity index (χ3v) is 5.00. The van der Waals surface area contributed by atoms with E-state index in [1.807, 2.05) is 17.0 Å². The lowest BCUT2D eigenvalue weighted by atomic mass is 10.1. The molecule has 0 radical (unpaired) electrons. The molecule has 1 aliphatic heterocycles. The molecular formula is C20H23ClN2O3. The Balaban J connectivity index is 1.46. The molecule has 2 N–H and O–H groups in total. The van der Waals surface area contributed by atoms with Crippen molar-refractivity contribution in [3.63, 3.8) is 0 Å². The minimum atomic E-state index is -1.42. The van der Waals surface area contributed by atoms with E-state index in [0.29, 0.717) is 16.1 Å². The summed E-state index contributed by atoms with van der Waals surface area (Å²) in [7, 11) is 0. The summed E-state index contributed by atoms with van der Waals surface area (Å²) in [5, 5.41) is 18.9. The van der Waals surface area contributed by atoms with Crippen LogP contribution in [0.2, 0.25) is 5.02 Å². The number of piperazine rings is 1. The molecule has 1 fully saturated rings. The highest BCUT2D eigenvalue weighted by atomic mass is 35.5. The van der Waals surface area contributed by atoms with Gasteiger partial charge in [0.05, 0.1) is 0 Å². The molecule has 26 heavy (non-hydrogen) atoms. The number of benzene rings is 2. The average Bonchev–Trinajstić information content (AvgIpc) is 2.67. The lowest BCUT2D eigenvalue weighted by molar-refractivity contribution is -0.0424. The van der Waals surface area contributed by atoms with E-state index < -0.39 is 6.29 Å². The van der Waals surface area contributed by atoms with Gasteiger partial charge in [-0.15, -0.1) is 0 Å². The van der Waals surface area contributed by atoms with Crippen LogP contribution >= 0.6 is 11.6 Å². The maximum Gasteiger partial charge on any atom is 0.253 e. The Hall–Kier alpha value is -1.92. The van der Waals surface area contributed by atoms with Crippen molar-refractivity contribution in [2.75, 3.05) is 32.7 Å². The monoisotopic (exact) mass is 374 g/mol.